The second-order valence-corrected chi connectivity index (χ2v) is 10.5. The van der Waals surface area contributed by atoms with Crippen LogP contribution in [0.15, 0.2) is 34.8 Å². The van der Waals surface area contributed by atoms with E-state index >= 15 is 0 Å². The van der Waals surface area contributed by atoms with Crippen LogP contribution in [-0.4, -0.2) is 75.1 Å². The van der Waals surface area contributed by atoms with Gasteiger partial charge in [0.1, 0.15) is 22.8 Å². The molecule has 1 aromatic carbocycles. The van der Waals surface area contributed by atoms with Gasteiger partial charge in [0.05, 0.1) is 23.3 Å². The van der Waals surface area contributed by atoms with Crippen molar-refractivity contribution in [1.29, 1.82) is 0 Å². The minimum absolute atomic E-state index is 0.0284. The van der Waals surface area contributed by atoms with Crippen LogP contribution < -0.4 is 11.1 Å². The number of nitrogens with two attached hydrogens (primary N) is 1. The Bertz CT molecular complexity index is 1230. The van der Waals surface area contributed by atoms with Crippen molar-refractivity contribution in [2.45, 2.75) is 44.2 Å². The number of aliphatic hydroxyl groups is 3. The Kier molecular flexibility index (Phi) is 5.83. The van der Waals surface area contributed by atoms with E-state index in [0.29, 0.717) is 11.3 Å². The predicted molar refractivity (Wildman–Crippen MR) is 130 cm³/mol. The Morgan fingerprint density at radius 2 is 1.81 bits per heavy atom. The number of fused-ring (bicyclic) bond motifs is 3. The Labute approximate surface area is 208 Å². The third kappa shape index (κ3) is 3.50. The molecule has 4 aliphatic rings. The lowest BCUT2D eigenvalue weighted by atomic mass is 9.58. The second kappa shape index (κ2) is 8.63. The van der Waals surface area contributed by atoms with E-state index in [9.17, 15) is 34.8 Å². The SMILES string of the molecule is C[C@H]1c2ccc(NC3CCN(C)CC3)c(O)c2C(=O)C2=C(O)C3C(=O)C(C(N)=O)=C(O)CC3C(O)C21. The number of primary amides is 1. The number of benzene rings is 1. The topological polar surface area (TPSA) is 173 Å². The van der Waals surface area contributed by atoms with Crippen molar-refractivity contribution in [3.05, 3.63) is 45.9 Å². The number of carbonyl (C=O) groups is 3. The van der Waals surface area contributed by atoms with Crippen LogP contribution in [0.5, 0.6) is 5.75 Å². The van der Waals surface area contributed by atoms with E-state index in [1.807, 2.05) is 7.05 Å². The molecule has 5 rings (SSSR count). The van der Waals surface area contributed by atoms with Crippen LogP contribution in [0.1, 0.15) is 48.0 Å². The lowest BCUT2D eigenvalue weighted by molar-refractivity contribution is -0.128. The lowest BCUT2D eigenvalue weighted by Crippen LogP contribution is -2.51. The fourth-order valence-electron chi connectivity index (χ4n) is 6.47. The zero-order valence-electron chi connectivity index (χ0n) is 20.2. The molecular formula is C26H31N3O7. The van der Waals surface area contributed by atoms with Gasteiger partial charge in [0, 0.05) is 29.9 Å². The second-order valence-electron chi connectivity index (χ2n) is 10.5. The molecule has 4 unspecified atom stereocenters. The maximum absolute atomic E-state index is 13.7. The first-order valence-electron chi connectivity index (χ1n) is 12.3. The van der Waals surface area contributed by atoms with Crippen LogP contribution >= 0.6 is 0 Å². The molecule has 10 nitrogen and oxygen atoms in total. The molecule has 0 spiro atoms. The van der Waals surface area contributed by atoms with Crippen molar-refractivity contribution in [3.63, 3.8) is 0 Å². The fourth-order valence-corrected chi connectivity index (χ4v) is 6.47. The number of anilines is 1. The van der Waals surface area contributed by atoms with Crippen molar-refractivity contribution in [2.24, 2.45) is 23.5 Å². The highest BCUT2D eigenvalue weighted by molar-refractivity contribution is 6.22. The largest absolute Gasteiger partial charge is 0.511 e. The van der Waals surface area contributed by atoms with Crippen LogP contribution in [0.4, 0.5) is 5.69 Å². The molecule has 1 aliphatic heterocycles. The number of hydrogen-bond donors (Lipinski definition) is 6. The molecule has 192 valence electrons. The molecule has 0 saturated carbocycles. The van der Waals surface area contributed by atoms with Gasteiger partial charge in [-0.05, 0) is 50.5 Å². The molecule has 0 bridgehead atoms. The maximum atomic E-state index is 13.7. The normalized spacial score (nSPS) is 31.1. The van der Waals surface area contributed by atoms with Crippen LogP contribution in [-0.2, 0) is 9.59 Å². The summed E-state index contributed by atoms with van der Waals surface area (Å²) < 4.78 is 0. The Hall–Kier alpha value is -3.37. The number of phenolic OH excluding ortho intramolecular Hbond substituents is 1. The number of ketones is 2. The summed E-state index contributed by atoms with van der Waals surface area (Å²) in [6.45, 7) is 3.60. The van der Waals surface area contributed by atoms with Crippen molar-refractivity contribution >= 4 is 23.2 Å². The summed E-state index contributed by atoms with van der Waals surface area (Å²) in [4.78, 5) is 40.8. The van der Waals surface area contributed by atoms with Gasteiger partial charge in [0.25, 0.3) is 5.91 Å². The third-order valence-electron chi connectivity index (χ3n) is 8.42. The number of nitrogens with zero attached hydrogens (tertiary/aromatic N) is 1. The first-order valence-corrected chi connectivity index (χ1v) is 12.3. The highest BCUT2D eigenvalue weighted by atomic mass is 16.3. The van der Waals surface area contributed by atoms with Gasteiger partial charge >= 0.3 is 0 Å². The molecule has 0 aromatic heterocycles. The van der Waals surface area contributed by atoms with Crippen molar-refractivity contribution in [1.82, 2.24) is 4.90 Å². The Morgan fingerprint density at radius 3 is 2.44 bits per heavy atom. The van der Waals surface area contributed by atoms with Gasteiger partial charge in [0.15, 0.2) is 11.6 Å². The zero-order valence-corrected chi connectivity index (χ0v) is 20.2. The van der Waals surface area contributed by atoms with Gasteiger partial charge in [0.2, 0.25) is 0 Å². The van der Waals surface area contributed by atoms with Gasteiger partial charge < -0.3 is 36.4 Å². The number of piperidine rings is 1. The smallest absolute Gasteiger partial charge is 0.255 e. The van der Waals surface area contributed by atoms with Crippen LogP contribution in [0.2, 0.25) is 0 Å². The van der Waals surface area contributed by atoms with Gasteiger partial charge in [-0.25, -0.2) is 0 Å². The molecule has 10 heteroatoms. The molecule has 0 radical (unpaired) electrons. The van der Waals surface area contributed by atoms with E-state index in [2.05, 4.69) is 10.2 Å². The quantitative estimate of drug-likeness (QED) is 0.267. The van der Waals surface area contributed by atoms with Gasteiger partial charge in [-0.15, -0.1) is 0 Å². The highest BCUT2D eigenvalue weighted by Gasteiger charge is 2.56. The van der Waals surface area contributed by atoms with Crippen molar-refractivity contribution in [3.8, 4) is 5.75 Å². The summed E-state index contributed by atoms with van der Waals surface area (Å²) in [7, 11) is 2.05. The minimum Gasteiger partial charge on any atom is -0.511 e. The van der Waals surface area contributed by atoms with Gasteiger partial charge in [-0.1, -0.05) is 13.0 Å². The van der Waals surface area contributed by atoms with E-state index in [1.165, 1.54) is 0 Å². The summed E-state index contributed by atoms with van der Waals surface area (Å²) in [6, 6.07) is 3.60. The molecule has 36 heavy (non-hydrogen) atoms. The molecule has 1 aromatic rings. The van der Waals surface area contributed by atoms with E-state index in [0.717, 1.165) is 25.9 Å². The number of nitrogens with one attached hydrogen (secondary N) is 1. The average molecular weight is 498 g/mol. The number of carbonyl (C=O) groups excluding carboxylic acids is 3. The molecule has 7 N–H and O–H groups in total. The molecule has 1 saturated heterocycles. The summed E-state index contributed by atoms with van der Waals surface area (Å²) in [5, 5.41) is 47.2. The number of Topliss-reactive ketones (excluding diaryl/α,β-unsaturated/α-hetero) is 2. The van der Waals surface area contributed by atoms with E-state index in [4.69, 9.17) is 5.73 Å². The van der Waals surface area contributed by atoms with Crippen LogP contribution in [0.3, 0.4) is 0 Å². The number of rotatable bonds is 3. The summed E-state index contributed by atoms with van der Waals surface area (Å²) in [5.74, 6) is -7.67. The minimum atomic E-state index is -1.38. The number of aliphatic hydroxyl groups excluding tert-OH is 3. The third-order valence-corrected chi connectivity index (χ3v) is 8.42. The summed E-state index contributed by atoms with van der Waals surface area (Å²) in [6.07, 6.45) is 0.270. The molecule has 3 aliphatic carbocycles. The molecule has 5 atom stereocenters. The molecule has 1 fully saturated rings. The Morgan fingerprint density at radius 1 is 1.14 bits per heavy atom. The Balaban J connectivity index is 1.57. The number of likely N-dealkylation sites (tertiary alicyclic amines) is 1. The van der Waals surface area contributed by atoms with Gasteiger partial charge in [-0.2, -0.15) is 0 Å². The number of amides is 1. The highest BCUT2D eigenvalue weighted by Crippen LogP contribution is 2.54. The first kappa shape index (κ1) is 24.3. The molecular weight excluding hydrogens is 466 g/mol. The number of aromatic hydroxyl groups is 1. The first-order chi connectivity index (χ1) is 17.0. The van der Waals surface area contributed by atoms with Crippen molar-refractivity contribution in [2.75, 3.05) is 25.5 Å². The van der Waals surface area contributed by atoms with Gasteiger partial charge in [-0.3, -0.25) is 14.4 Å². The monoisotopic (exact) mass is 497 g/mol. The van der Waals surface area contributed by atoms with E-state index in [1.54, 1.807) is 19.1 Å². The number of hydrogen-bond acceptors (Lipinski definition) is 9. The van der Waals surface area contributed by atoms with Crippen LogP contribution in [0.25, 0.3) is 0 Å². The van der Waals surface area contributed by atoms with E-state index < -0.39 is 64.3 Å². The number of allylic oxidation sites excluding steroid dienone is 2. The fraction of sp³-hybridized carbons (Fsp3) is 0.500. The lowest BCUT2D eigenvalue weighted by Gasteiger charge is -2.46. The molecule has 1 amide bonds. The standard InChI is InChI=1S/C26H31N3O7/c1-10-12-3-4-14(28-11-5-7-29(2)8-6-11)22(32)17(12)24(34)20-16(10)21(31)13-9-15(30)19(26(27)36)23(33)18(13)25(20)35/h3-4,10-11,13,16,18,21,28,30-32,35H,5-9H2,1-2H3,(H2,27,36)/t10-,13?,16?,18?,21?/m0/s1. The summed E-state index contributed by atoms with van der Waals surface area (Å²) >= 11 is 0. The summed E-state index contributed by atoms with van der Waals surface area (Å²) in [5.41, 5.74) is 5.47. The average Bonchev–Trinajstić information content (AvgIpc) is 2.81. The zero-order chi connectivity index (χ0) is 26.0. The molecule has 1 heterocycles. The predicted octanol–water partition coefficient (Wildman–Crippen LogP) is 1.50. The van der Waals surface area contributed by atoms with Crippen LogP contribution in [0, 0.1) is 17.8 Å². The van der Waals surface area contributed by atoms with E-state index in [-0.39, 0.29) is 29.3 Å². The number of phenols is 1. The maximum Gasteiger partial charge on any atom is 0.255 e. The van der Waals surface area contributed by atoms with Crippen molar-refractivity contribution < 1.29 is 34.8 Å².